The highest BCUT2D eigenvalue weighted by atomic mass is 16.5. The molecule has 1 N–H and O–H groups in total. The number of hydrogen-bond acceptors (Lipinski definition) is 5. The van der Waals surface area contributed by atoms with Crippen molar-refractivity contribution in [2.75, 3.05) is 26.1 Å². The van der Waals surface area contributed by atoms with Crippen LogP contribution in [-0.2, 0) is 6.54 Å². The summed E-state index contributed by atoms with van der Waals surface area (Å²) in [4.78, 5) is 4.52. The number of anilines is 1. The lowest BCUT2D eigenvalue weighted by molar-refractivity contribution is 0.313. The lowest BCUT2D eigenvalue weighted by atomic mass is 10.1. The standard InChI is InChI=1S/C22H26N2O3/c1-4-5-13-27-20-8-6-7-19-18(20)11-12-23-22(19)24-15-16-9-10-17(25-2)14-21(16)26-3/h6-12,14H,4-5,13,15H2,1-3H3,(H,23,24). The van der Waals surface area contributed by atoms with Crippen molar-refractivity contribution in [3.05, 3.63) is 54.2 Å². The number of aromatic nitrogens is 1. The number of benzene rings is 2. The third-order valence-electron chi connectivity index (χ3n) is 4.46. The van der Waals surface area contributed by atoms with Gasteiger partial charge in [0.2, 0.25) is 0 Å². The minimum absolute atomic E-state index is 0.597. The first-order valence-corrected chi connectivity index (χ1v) is 9.22. The molecule has 0 saturated carbocycles. The van der Waals surface area contributed by atoms with Crippen molar-refractivity contribution in [1.82, 2.24) is 4.98 Å². The fraction of sp³-hybridized carbons (Fsp3) is 0.318. The average molecular weight is 366 g/mol. The number of rotatable bonds is 9. The summed E-state index contributed by atoms with van der Waals surface area (Å²) in [5.41, 5.74) is 1.03. The number of ether oxygens (including phenoxy) is 3. The maximum Gasteiger partial charge on any atom is 0.134 e. The molecule has 5 heteroatoms. The summed E-state index contributed by atoms with van der Waals surface area (Å²) in [7, 11) is 3.31. The number of nitrogens with one attached hydrogen (secondary N) is 1. The first-order chi connectivity index (χ1) is 13.3. The fourth-order valence-electron chi connectivity index (χ4n) is 2.95. The lowest BCUT2D eigenvalue weighted by Gasteiger charge is -2.14. The van der Waals surface area contributed by atoms with Crippen molar-refractivity contribution < 1.29 is 14.2 Å². The van der Waals surface area contributed by atoms with Gasteiger partial charge in [0, 0.05) is 35.1 Å². The fourth-order valence-corrected chi connectivity index (χ4v) is 2.95. The molecule has 0 unspecified atom stereocenters. The summed E-state index contributed by atoms with van der Waals surface area (Å²) in [6.07, 6.45) is 3.97. The van der Waals surface area contributed by atoms with Crippen LogP contribution in [0.4, 0.5) is 5.82 Å². The van der Waals surface area contributed by atoms with Gasteiger partial charge in [-0.15, -0.1) is 0 Å². The van der Waals surface area contributed by atoms with Crippen LogP contribution in [-0.4, -0.2) is 25.8 Å². The molecule has 1 heterocycles. The van der Waals surface area contributed by atoms with Crippen molar-refractivity contribution in [3.63, 3.8) is 0 Å². The molecule has 27 heavy (non-hydrogen) atoms. The van der Waals surface area contributed by atoms with E-state index in [-0.39, 0.29) is 0 Å². The minimum atomic E-state index is 0.597. The second kappa shape index (κ2) is 9.12. The average Bonchev–Trinajstić information content (AvgIpc) is 2.72. The Morgan fingerprint density at radius 2 is 1.85 bits per heavy atom. The predicted octanol–water partition coefficient (Wildman–Crippen LogP) is 5.04. The van der Waals surface area contributed by atoms with Gasteiger partial charge < -0.3 is 19.5 Å². The normalized spacial score (nSPS) is 10.6. The third-order valence-corrected chi connectivity index (χ3v) is 4.46. The number of hydrogen-bond donors (Lipinski definition) is 1. The SMILES string of the molecule is CCCCOc1cccc2c(NCc3ccc(OC)cc3OC)nccc12. The van der Waals surface area contributed by atoms with Gasteiger partial charge in [0.05, 0.1) is 20.8 Å². The molecule has 0 aliphatic heterocycles. The van der Waals surface area contributed by atoms with Gasteiger partial charge in [-0.3, -0.25) is 0 Å². The van der Waals surface area contributed by atoms with Crippen LogP contribution >= 0.6 is 0 Å². The Bertz CT molecular complexity index is 896. The van der Waals surface area contributed by atoms with Crippen LogP contribution in [0, 0.1) is 0 Å². The van der Waals surface area contributed by atoms with E-state index < -0.39 is 0 Å². The van der Waals surface area contributed by atoms with Gasteiger partial charge in [0.15, 0.2) is 0 Å². The number of unbranched alkanes of at least 4 members (excludes halogenated alkanes) is 1. The van der Waals surface area contributed by atoms with Gasteiger partial charge in [-0.1, -0.05) is 25.5 Å². The van der Waals surface area contributed by atoms with Crippen LogP contribution in [0.25, 0.3) is 10.8 Å². The molecule has 3 aromatic rings. The summed E-state index contributed by atoms with van der Waals surface area (Å²) in [5, 5.41) is 5.53. The molecule has 5 nitrogen and oxygen atoms in total. The van der Waals surface area contributed by atoms with Gasteiger partial charge in [-0.05, 0) is 30.7 Å². The number of pyridine rings is 1. The lowest BCUT2D eigenvalue weighted by Crippen LogP contribution is -2.04. The van der Waals surface area contributed by atoms with Gasteiger partial charge in [0.1, 0.15) is 23.1 Å². The van der Waals surface area contributed by atoms with Crippen LogP contribution in [0.5, 0.6) is 17.2 Å². The predicted molar refractivity (Wildman–Crippen MR) is 109 cm³/mol. The van der Waals surface area contributed by atoms with Crippen LogP contribution in [0.15, 0.2) is 48.7 Å². The molecule has 0 amide bonds. The molecule has 2 aromatic carbocycles. The summed E-state index contributed by atoms with van der Waals surface area (Å²) < 4.78 is 16.7. The summed E-state index contributed by atoms with van der Waals surface area (Å²) in [6.45, 7) is 3.48. The topological polar surface area (TPSA) is 52.6 Å². The zero-order chi connectivity index (χ0) is 19.1. The Balaban J connectivity index is 1.82. The van der Waals surface area contributed by atoms with Gasteiger partial charge >= 0.3 is 0 Å². The zero-order valence-electron chi connectivity index (χ0n) is 16.1. The van der Waals surface area contributed by atoms with E-state index in [0.29, 0.717) is 6.54 Å². The molecule has 1 aromatic heterocycles. The van der Waals surface area contributed by atoms with Crippen molar-refractivity contribution in [3.8, 4) is 17.2 Å². The van der Waals surface area contributed by atoms with Crippen LogP contribution in [0.1, 0.15) is 25.3 Å². The quantitative estimate of drug-likeness (QED) is 0.538. The van der Waals surface area contributed by atoms with E-state index in [9.17, 15) is 0 Å². The highest BCUT2D eigenvalue weighted by Gasteiger charge is 2.09. The second-order valence-electron chi connectivity index (χ2n) is 6.24. The summed E-state index contributed by atoms with van der Waals surface area (Å²) in [6, 6.07) is 13.9. The molecule has 0 aliphatic carbocycles. The van der Waals surface area contributed by atoms with E-state index >= 15 is 0 Å². The monoisotopic (exact) mass is 366 g/mol. The number of nitrogens with zero attached hydrogens (tertiary/aromatic N) is 1. The van der Waals surface area contributed by atoms with Gasteiger partial charge in [0.25, 0.3) is 0 Å². The number of fused-ring (bicyclic) bond motifs is 1. The molecule has 3 rings (SSSR count). The van der Waals surface area contributed by atoms with E-state index in [1.807, 2.05) is 42.6 Å². The molecule has 142 valence electrons. The van der Waals surface area contributed by atoms with E-state index in [2.05, 4.69) is 23.3 Å². The molecule has 0 aliphatic rings. The highest BCUT2D eigenvalue weighted by molar-refractivity contribution is 5.95. The Kier molecular flexibility index (Phi) is 6.36. The minimum Gasteiger partial charge on any atom is -0.497 e. The van der Waals surface area contributed by atoms with Crippen LogP contribution in [0.2, 0.25) is 0 Å². The smallest absolute Gasteiger partial charge is 0.134 e. The number of methoxy groups -OCH3 is 2. The largest absolute Gasteiger partial charge is 0.497 e. The van der Waals surface area contributed by atoms with Gasteiger partial charge in [-0.25, -0.2) is 4.98 Å². The van der Waals surface area contributed by atoms with E-state index in [1.165, 1.54) is 0 Å². The van der Waals surface area contributed by atoms with Crippen molar-refractivity contribution in [2.24, 2.45) is 0 Å². The van der Waals surface area contributed by atoms with Crippen molar-refractivity contribution in [1.29, 1.82) is 0 Å². The van der Waals surface area contributed by atoms with Crippen molar-refractivity contribution >= 4 is 16.6 Å². The Morgan fingerprint density at radius 1 is 0.963 bits per heavy atom. The Morgan fingerprint density at radius 3 is 2.63 bits per heavy atom. The first-order valence-electron chi connectivity index (χ1n) is 9.22. The maximum absolute atomic E-state index is 5.95. The third kappa shape index (κ3) is 4.42. The van der Waals surface area contributed by atoms with Crippen molar-refractivity contribution in [2.45, 2.75) is 26.3 Å². The molecular weight excluding hydrogens is 340 g/mol. The second-order valence-corrected chi connectivity index (χ2v) is 6.24. The Labute approximate surface area is 160 Å². The molecule has 0 saturated heterocycles. The first kappa shape index (κ1) is 18.8. The maximum atomic E-state index is 5.95. The molecule has 0 spiro atoms. The van der Waals surface area contributed by atoms with E-state index in [0.717, 1.165) is 58.9 Å². The van der Waals surface area contributed by atoms with E-state index in [1.54, 1.807) is 14.2 Å². The van der Waals surface area contributed by atoms with Gasteiger partial charge in [-0.2, -0.15) is 0 Å². The summed E-state index contributed by atoms with van der Waals surface area (Å²) >= 11 is 0. The molecule has 0 atom stereocenters. The van der Waals surface area contributed by atoms with E-state index in [4.69, 9.17) is 14.2 Å². The molecular formula is C22H26N2O3. The molecule has 0 bridgehead atoms. The van der Waals surface area contributed by atoms with Crippen LogP contribution < -0.4 is 19.5 Å². The zero-order valence-corrected chi connectivity index (χ0v) is 16.1. The summed E-state index contributed by atoms with van der Waals surface area (Å²) in [5.74, 6) is 3.28. The molecule has 0 radical (unpaired) electrons. The highest BCUT2D eigenvalue weighted by Crippen LogP contribution is 2.31. The Hall–Kier alpha value is -2.95. The van der Waals surface area contributed by atoms with Crippen LogP contribution in [0.3, 0.4) is 0 Å². The molecule has 0 fully saturated rings.